The SMILES string of the molecule is CC(C)CC(CNC(=O)OCC1c2ccccc2-c2ccccc21)C(=O)NCCOCCC(=O)O. The van der Waals surface area contributed by atoms with Crippen molar-refractivity contribution in [3.05, 3.63) is 59.7 Å². The molecule has 3 rings (SSSR count). The molecule has 1 aliphatic rings. The first-order chi connectivity index (χ1) is 16.9. The van der Waals surface area contributed by atoms with Crippen molar-refractivity contribution < 1.29 is 29.0 Å². The highest BCUT2D eigenvalue weighted by molar-refractivity contribution is 5.80. The van der Waals surface area contributed by atoms with Gasteiger partial charge in [-0.15, -0.1) is 0 Å². The minimum atomic E-state index is -0.926. The van der Waals surface area contributed by atoms with Crippen LogP contribution in [0.4, 0.5) is 4.79 Å². The molecule has 1 unspecified atom stereocenters. The maximum atomic E-state index is 12.6. The molecule has 0 aliphatic heterocycles. The second-order valence-corrected chi connectivity index (χ2v) is 9.08. The molecule has 0 spiro atoms. The summed E-state index contributed by atoms with van der Waals surface area (Å²) in [5, 5.41) is 14.2. The second kappa shape index (κ2) is 12.9. The third-order valence-corrected chi connectivity index (χ3v) is 5.97. The average molecular weight is 483 g/mol. The molecule has 3 N–H and O–H groups in total. The summed E-state index contributed by atoms with van der Waals surface area (Å²) in [6.45, 7) is 5.02. The standard InChI is InChI=1S/C27H34N2O6/c1-18(2)15-19(26(32)28-12-14-34-13-11-25(30)31)16-29-27(33)35-17-24-22-9-5-3-7-20(22)21-8-4-6-10-23(21)24/h3-10,18-19,24H,11-17H2,1-2H3,(H,28,32)(H,29,33)(H,30,31). The summed E-state index contributed by atoms with van der Waals surface area (Å²) in [6, 6.07) is 16.3. The molecule has 0 fully saturated rings. The maximum absolute atomic E-state index is 12.6. The van der Waals surface area contributed by atoms with Crippen LogP contribution in [0, 0.1) is 11.8 Å². The zero-order valence-electron chi connectivity index (χ0n) is 20.3. The van der Waals surface area contributed by atoms with Crippen molar-refractivity contribution in [2.45, 2.75) is 32.6 Å². The summed E-state index contributed by atoms with van der Waals surface area (Å²) in [4.78, 5) is 35.6. The fourth-order valence-corrected chi connectivity index (χ4v) is 4.36. The summed E-state index contributed by atoms with van der Waals surface area (Å²) in [5.41, 5.74) is 4.61. The number of fused-ring (bicyclic) bond motifs is 3. The lowest BCUT2D eigenvalue weighted by Crippen LogP contribution is -2.41. The molecule has 2 aromatic rings. The summed E-state index contributed by atoms with van der Waals surface area (Å²) in [6.07, 6.45) is -0.0194. The van der Waals surface area contributed by atoms with Gasteiger partial charge in [0.2, 0.25) is 5.91 Å². The second-order valence-electron chi connectivity index (χ2n) is 9.08. The smallest absolute Gasteiger partial charge is 0.407 e. The molecular weight excluding hydrogens is 448 g/mol. The quantitative estimate of drug-likeness (QED) is 0.374. The number of aliphatic carboxylic acids is 1. The van der Waals surface area contributed by atoms with Crippen molar-refractivity contribution in [3.63, 3.8) is 0 Å². The molecule has 0 saturated heterocycles. The Bertz CT molecular complexity index is 977. The first-order valence-corrected chi connectivity index (χ1v) is 12.0. The third-order valence-electron chi connectivity index (χ3n) is 5.97. The van der Waals surface area contributed by atoms with Crippen LogP contribution in [0.15, 0.2) is 48.5 Å². The highest BCUT2D eigenvalue weighted by Gasteiger charge is 2.29. The van der Waals surface area contributed by atoms with Gasteiger partial charge in [0, 0.05) is 19.0 Å². The third kappa shape index (κ3) is 7.55. The summed E-state index contributed by atoms with van der Waals surface area (Å²) in [7, 11) is 0. The van der Waals surface area contributed by atoms with Crippen LogP contribution in [0.25, 0.3) is 11.1 Å². The minimum Gasteiger partial charge on any atom is -0.481 e. The molecule has 0 saturated carbocycles. The number of alkyl carbamates (subject to hydrolysis) is 1. The lowest BCUT2D eigenvalue weighted by molar-refractivity contribution is -0.138. The number of carboxylic acids is 1. The Morgan fingerprint density at radius 1 is 0.943 bits per heavy atom. The predicted octanol–water partition coefficient (Wildman–Crippen LogP) is 3.79. The van der Waals surface area contributed by atoms with Crippen molar-refractivity contribution >= 4 is 18.0 Å². The van der Waals surface area contributed by atoms with Gasteiger partial charge in [-0.25, -0.2) is 4.79 Å². The summed E-state index contributed by atoms with van der Waals surface area (Å²) in [5.74, 6) is -1.27. The number of amides is 2. The summed E-state index contributed by atoms with van der Waals surface area (Å²) >= 11 is 0. The Kier molecular flexibility index (Phi) is 9.66. The molecule has 0 bridgehead atoms. The molecule has 1 atom stereocenters. The first-order valence-electron chi connectivity index (χ1n) is 12.0. The van der Waals surface area contributed by atoms with Crippen LogP contribution in [-0.2, 0) is 19.1 Å². The van der Waals surface area contributed by atoms with E-state index in [9.17, 15) is 14.4 Å². The van der Waals surface area contributed by atoms with E-state index in [1.165, 1.54) is 0 Å². The molecule has 8 nitrogen and oxygen atoms in total. The Hall–Kier alpha value is -3.39. The zero-order chi connectivity index (χ0) is 25.2. The normalized spacial score (nSPS) is 13.1. The Balaban J connectivity index is 1.47. The number of rotatable bonds is 13. The van der Waals surface area contributed by atoms with E-state index in [1.54, 1.807) is 0 Å². The van der Waals surface area contributed by atoms with E-state index in [4.69, 9.17) is 14.6 Å². The highest BCUT2D eigenvalue weighted by atomic mass is 16.5. The van der Waals surface area contributed by atoms with Gasteiger partial charge in [0.25, 0.3) is 0 Å². The van der Waals surface area contributed by atoms with Crippen LogP contribution in [0.5, 0.6) is 0 Å². The predicted molar refractivity (Wildman–Crippen MR) is 132 cm³/mol. The molecule has 0 radical (unpaired) electrons. The van der Waals surface area contributed by atoms with E-state index in [2.05, 4.69) is 34.9 Å². The molecule has 0 heterocycles. The maximum Gasteiger partial charge on any atom is 0.407 e. The van der Waals surface area contributed by atoms with Crippen LogP contribution >= 0.6 is 0 Å². The van der Waals surface area contributed by atoms with Crippen molar-refractivity contribution in [3.8, 4) is 11.1 Å². The van der Waals surface area contributed by atoms with E-state index in [0.29, 0.717) is 6.42 Å². The van der Waals surface area contributed by atoms with Crippen LogP contribution in [0.1, 0.15) is 43.7 Å². The van der Waals surface area contributed by atoms with Gasteiger partial charge in [-0.1, -0.05) is 62.4 Å². The van der Waals surface area contributed by atoms with Gasteiger partial charge in [-0.3, -0.25) is 9.59 Å². The number of benzene rings is 2. The summed E-state index contributed by atoms with van der Waals surface area (Å²) < 4.78 is 10.8. The van der Waals surface area contributed by atoms with Gasteiger partial charge in [0.1, 0.15) is 6.61 Å². The fourth-order valence-electron chi connectivity index (χ4n) is 4.36. The van der Waals surface area contributed by atoms with E-state index < -0.39 is 18.0 Å². The molecule has 2 aromatic carbocycles. The van der Waals surface area contributed by atoms with Crippen molar-refractivity contribution in [1.29, 1.82) is 0 Å². The van der Waals surface area contributed by atoms with Gasteiger partial charge >= 0.3 is 12.1 Å². The monoisotopic (exact) mass is 482 g/mol. The Morgan fingerprint density at radius 2 is 1.57 bits per heavy atom. The van der Waals surface area contributed by atoms with Crippen molar-refractivity contribution in [1.82, 2.24) is 10.6 Å². The molecule has 1 aliphatic carbocycles. The number of carbonyl (C=O) groups is 3. The molecule has 2 amide bonds. The number of carbonyl (C=O) groups excluding carboxylic acids is 2. The lowest BCUT2D eigenvalue weighted by Gasteiger charge is -2.20. The van der Waals surface area contributed by atoms with Crippen molar-refractivity contribution in [2.75, 3.05) is 32.9 Å². The largest absolute Gasteiger partial charge is 0.481 e. The molecule has 8 heteroatoms. The molecule has 188 valence electrons. The highest BCUT2D eigenvalue weighted by Crippen LogP contribution is 2.44. The number of nitrogens with one attached hydrogen (secondary N) is 2. The lowest BCUT2D eigenvalue weighted by atomic mass is 9.96. The number of hydrogen-bond acceptors (Lipinski definition) is 5. The van der Waals surface area contributed by atoms with E-state index >= 15 is 0 Å². The minimum absolute atomic E-state index is 0.0240. The van der Waals surface area contributed by atoms with Gasteiger partial charge in [-0.2, -0.15) is 0 Å². The van der Waals surface area contributed by atoms with Gasteiger partial charge < -0.3 is 25.2 Å². The van der Waals surface area contributed by atoms with Crippen LogP contribution in [0.3, 0.4) is 0 Å². The Morgan fingerprint density at radius 3 is 2.17 bits per heavy atom. The number of ether oxygens (including phenoxy) is 2. The number of hydrogen-bond donors (Lipinski definition) is 3. The Labute approximate surface area is 206 Å². The van der Waals surface area contributed by atoms with Crippen LogP contribution < -0.4 is 10.6 Å². The topological polar surface area (TPSA) is 114 Å². The van der Waals surface area contributed by atoms with Crippen LogP contribution in [-0.4, -0.2) is 56.0 Å². The first kappa shape index (κ1) is 26.2. The average Bonchev–Trinajstić information content (AvgIpc) is 3.15. The molecular formula is C27H34N2O6. The van der Waals surface area contributed by atoms with Crippen molar-refractivity contribution in [2.24, 2.45) is 11.8 Å². The molecule has 35 heavy (non-hydrogen) atoms. The van der Waals surface area contributed by atoms with Gasteiger partial charge in [0.05, 0.1) is 25.6 Å². The van der Waals surface area contributed by atoms with Crippen LogP contribution in [0.2, 0.25) is 0 Å². The van der Waals surface area contributed by atoms with Gasteiger partial charge in [0.15, 0.2) is 0 Å². The van der Waals surface area contributed by atoms with E-state index in [-0.39, 0.29) is 57.1 Å². The number of carboxylic acid groups (broad SMARTS) is 1. The zero-order valence-corrected chi connectivity index (χ0v) is 20.3. The van der Waals surface area contributed by atoms with E-state index in [0.717, 1.165) is 22.3 Å². The fraction of sp³-hybridized carbons (Fsp3) is 0.444. The van der Waals surface area contributed by atoms with Gasteiger partial charge in [-0.05, 0) is 34.6 Å². The molecule has 0 aromatic heterocycles. The van der Waals surface area contributed by atoms with E-state index in [1.807, 2.05) is 38.1 Å².